The van der Waals surface area contributed by atoms with Crippen LogP contribution in [-0.2, 0) is 0 Å². The van der Waals surface area contributed by atoms with Gasteiger partial charge in [0, 0.05) is 6.54 Å². The molecule has 5 heteroatoms. The van der Waals surface area contributed by atoms with Crippen LogP contribution < -0.4 is 15.8 Å². The lowest BCUT2D eigenvalue weighted by Gasteiger charge is -2.14. The number of nitrogens with one attached hydrogen (secondary N) is 1. The van der Waals surface area contributed by atoms with Gasteiger partial charge in [0.05, 0.1) is 0 Å². The topological polar surface area (TPSA) is 73.1 Å². The predicted molar refractivity (Wildman–Crippen MR) is 97.4 cm³/mol. The predicted octanol–water partition coefficient (Wildman–Crippen LogP) is 4.46. The first-order valence-corrected chi connectivity index (χ1v) is 8.49. The van der Waals surface area contributed by atoms with Gasteiger partial charge in [0.15, 0.2) is 5.82 Å². The fraction of sp³-hybridized carbons (Fsp3) is 0.368. The summed E-state index contributed by atoms with van der Waals surface area (Å²) in [5.41, 5.74) is 9.30. The van der Waals surface area contributed by atoms with Crippen LogP contribution in [0.4, 0.5) is 11.5 Å². The lowest BCUT2D eigenvalue weighted by atomic mass is 9.97. The fourth-order valence-corrected chi connectivity index (χ4v) is 2.79. The monoisotopic (exact) mass is 324 g/mol. The van der Waals surface area contributed by atoms with Gasteiger partial charge in [0.1, 0.15) is 17.8 Å². The van der Waals surface area contributed by atoms with Gasteiger partial charge in [-0.2, -0.15) is 4.98 Å². The second kappa shape index (κ2) is 7.81. The largest absolute Gasteiger partial charge is 0.437 e. The molecule has 0 atom stereocenters. The van der Waals surface area contributed by atoms with Crippen LogP contribution in [0.15, 0.2) is 42.2 Å². The highest BCUT2D eigenvalue weighted by atomic mass is 16.5. The molecule has 0 unspecified atom stereocenters. The fourth-order valence-electron chi connectivity index (χ4n) is 2.79. The summed E-state index contributed by atoms with van der Waals surface area (Å²) in [5, 5.41) is 3.30. The van der Waals surface area contributed by atoms with Crippen molar-refractivity contribution in [3.8, 4) is 11.6 Å². The van der Waals surface area contributed by atoms with Crippen molar-refractivity contribution < 1.29 is 4.74 Å². The van der Waals surface area contributed by atoms with E-state index >= 15 is 0 Å². The Morgan fingerprint density at radius 3 is 2.75 bits per heavy atom. The molecule has 3 N–H and O–H groups in total. The number of hydrogen-bond donors (Lipinski definition) is 2. The van der Waals surface area contributed by atoms with Gasteiger partial charge in [-0.1, -0.05) is 29.3 Å². The number of anilines is 2. The number of hydrogen-bond acceptors (Lipinski definition) is 5. The lowest BCUT2D eigenvalue weighted by molar-refractivity contribution is 0.464. The summed E-state index contributed by atoms with van der Waals surface area (Å²) in [5.74, 6) is 1.72. The Balaban J connectivity index is 1.62. The molecule has 2 aromatic rings. The van der Waals surface area contributed by atoms with Crippen LogP contribution in [-0.4, -0.2) is 16.5 Å². The number of rotatable bonds is 6. The van der Waals surface area contributed by atoms with E-state index in [9.17, 15) is 0 Å². The van der Waals surface area contributed by atoms with Gasteiger partial charge in [-0.15, -0.1) is 0 Å². The highest BCUT2D eigenvalue weighted by Gasteiger charge is 2.10. The Morgan fingerprint density at radius 2 is 2.00 bits per heavy atom. The van der Waals surface area contributed by atoms with Crippen LogP contribution >= 0.6 is 0 Å². The lowest BCUT2D eigenvalue weighted by Crippen LogP contribution is -2.09. The summed E-state index contributed by atoms with van der Waals surface area (Å²) in [6, 6.07) is 7.78. The molecule has 1 aliphatic rings. The van der Waals surface area contributed by atoms with Crippen molar-refractivity contribution in [2.75, 3.05) is 17.6 Å². The van der Waals surface area contributed by atoms with Gasteiger partial charge in [0.25, 0.3) is 0 Å². The molecule has 0 fully saturated rings. The van der Waals surface area contributed by atoms with Crippen LogP contribution in [0.3, 0.4) is 0 Å². The Kier molecular flexibility index (Phi) is 5.31. The SMILES string of the molecule is Cc1ccc(Oc2ncnc(NCCC3=CCCCC3)c2N)cc1. The maximum atomic E-state index is 6.15. The molecule has 1 aromatic carbocycles. The van der Waals surface area contributed by atoms with Gasteiger partial charge in [-0.3, -0.25) is 0 Å². The average molecular weight is 324 g/mol. The van der Waals surface area contributed by atoms with Crippen molar-refractivity contribution in [1.29, 1.82) is 0 Å². The van der Waals surface area contributed by atoms with Gasteiger partial charge in [-0.25, -0.2) is 4.98 Å². The molecule has 24 heavy (non-hydrogen) atoms. The summed E-state index contributed by atoms with van der Waals surface area (Å²) in [7, 11) is 0. The number of ether oxygens (including phenoxy) is 1. The number of nitrogens with zero attached hydrogens (tertiary/aromatic N) is 2. The highest BCUT2D eigenvalue weighted by Crippen LogP contribution is 2.29. The molecule has 0 bridgehead atoms. The number of benzene rings is 1. The average Bonchev–Trinajstić information content (AvgIpc) is 2.61. The Labute approximate surface area is 143 Å². The van der Waals surface area contributed by atoms with E-state index in [4.69, 9.17) is 10.5 Å². The molecule has 0 radical (unpaired) electrons. The van der Waals surface area contributed by atoms with E-state index in [0.29, 0.717) is 23.1 Å². The molecule has 1 heterocycles. The maximum absolute atomic E-state index is 6.15. The van der Waals surface area contributed by atoms with Crippen molar-refractivity contribution in [2.45, 2.75) is 39.0 Å². The third-order valence-electron chi connectivity index (χ3n) is 4.21. The molecule has 1 aromatic heterocycles. The zero-order valence-electron chi connectivity index (χ0n) is 14.1. The summed E-state index contributed by atoms with van der Waals surface area (Å²) in [6.07, 6.45) is 9.90. The number of nitrogen functional groups attached to an aromatic ring is 1. The van der Waals surface area contributed by atoms with Crippen molar-refractivity contribution in [1.82, 2.24) is 9.97 Å². The minimum atomic E-state index is 0.383. The van der Waals surface area contributed by atoms with Crippen LogP contribution in [0.1, 0.15) is 37.7 Å². The zero-order chi connectivity index (χ0) is 16.8. The molecular weight excluding hydrogens is 300 g/mol. The third-order valence-corrected chi connectivity index (χ3v) is 4.21. The third kappa shape index (κ3) is 4.25. The smallest absolute Gasteiger partial charge is 0.248 e. The highest BCUT2D eigenvalue weighted by molar-refractivity contribution is 5.66. The van der Waals surface area contributed by atoms with Gasteiger partial charge in [-0.05, 0) is 51.2 Å². The van der Waals surface area contributed by atoms with E-state index in [-0.39, 0.29) is 0 Å². The molecule has 0 saturated heterocycles. The molecule has 3 rings (SSSR count). The van der Waals surface area contributed by atoms with Crippen molar-refractivity contribution in [3.05, 3.63) is 47.8 Å². The summed E-state index contributed by atoms with van der Waals surface area (Å²) < 4.78 is 5.77. The van der Waals surface area contributed by atoms with E-state index in [1.54, 1.807) is 0 Å². The van der Waals surface area contributed by atoms with Gasteiger partial charge < -0.3 is 15.8 Å². The normalized spacial score (nSPS) is 14.1. The Morgan fingerprint density at radius 1 is 1.17 bits per heavy atom. The molecule has 0 saturated carbocycles. The molecule has 5 nitrogen and oxygen atoms in total. The maximum Gasteiger partial charge on any atom is 0.248 e. The first-order chi connectivity index (χ1) is 11.7. The quantitative estimate of drug-likeness (QED) is 0.767. The van der Waals surface area contributed by atoms with E-state index in [2.05, 4.69) is 21.4 Å². The van der Waals surface area contributed by atoms with Crippen molar-refractivity contribution >= 4 is 11.5 Å². The summed E-state index contributed by atoms with van der Waals surface area (Å²) in [4.78, 5) is 8.38. The molecule has 126 valence electrons. The minimum absolute atomic E-state index is 0.383. The number of allylic oxidation sites excluding steroid dienone is 1. The summed E-state index contributed by atoms with van der Waals surface area (Å²) >= 11 is 0. The second-order valence-corrected chi connectivity index (χ2v) is 6.14. The van der Waals surface area contributed by atoms with Crippen LogP contribution in [0.25, 0.3) is 0 Å². The number of aromatic nitrogens is 2. The standard InChI is InChI=1S/C19H24N4O/c1-14-7-9-16(10-8-14)24-19-17(20)18(22-13-23-19)21-12-11-15-5-3-2-4-6-15/h5,7-10,13H,2-4,6,11-12,20H2,1H3,(H,21,22,23). The minimum Gasteiger partial charge on any atom is -0.437 e. The molecular formula is C19H24N4O. The number of nitrogens with two attached hydrogens (primary N) is 1. The molecule has 0 aliphatic heterocycles. The van der Waals surface area contributed by atoms with Crippen molar-refractivity contribution in [3.63, 3.8) is 0 Å². The zero-order valence-corrected chi connectivity index (χ0v) is 14.1. The summed E-state index contributed by atoms with van der Waals surface area (Å²) in [6.45, 7) is 2.85. The second-order valence-electron chi connectivity index (χ2n) is 6.14. The molecule has 0 spiro atoms. The first kappa shape index (κ1) is 16.3. The van der Waals surface area contributed by atoms with Crippen LogP contribution in [0.2, 0.25) is 0 Å². The van der Waals surface area contributed by atoms with Crippen LogP contribution in [0, 0.1) is 6.92 Å². The Bertz CT molecular complexity index is 710. The first-order valence-electron chi connectivity index (χ1n) is 8.49. The molecule has 1 aliphatic carbocycles. The van der Waals surface area contributed by atoms with Crippen molar-refractivity contribution in [2.24, 2.45) is 0 Å². The van der Waals surface area contributed by atoms with E-state index in [1.807, 2.05) is 31.2 Å². The van der Waals surface area contributed by atoms with E-state index < -0.39 is 0 Å². The van der Waals surface area contributed by atoms with Crippen LogP contribution in [0.5, 0.6) is 11.6 Å². The molecule has 0 amide bonds. The Hall–Kier alpha value is -2.56. The number of aryl methyl sites for hydroxylation is 1. The van der Waals surface area contributed by atoms with Gasteiger partial charge in [0.2, 0.25) is 5.88 Å². The van der Waals surface area contributed by atoms with Gasteiger partial charge >= 0.3 is 0 Å². The van der Waals surface area contributed by atoms with E-state index in [0.717, 1.165) is 13.0 Å². The van der Waals surface area contributed by atoms with E-state index in [1.165, 1.54) is 43.1 Å².